The first-order chi connectivity index (χ1) is 9.66. The molecular formula is C17H18N2O. The van der Waals surface area contributed by atoms with Crippen LogP contribution in [0.4, 0.5) is 0 Å². The van der Waals surface area contributed by atoms with Crippen LogP contribution in [-0.4, -0.2) is 8.97 Å². The predicted octanol–water partition coefficient (Wildman–Crippen LogP) is 2.98. The molecular weight excluding hydrogens is 248 g/mol. The average molecular weight is 266 g/mol. The van der Waals surface area contributed by atoms with E-state index in [4.69, 9.17) is 0 Å². The summed E-state index contributed by atoms with van der Waals surface area (Å²) >= 11 is 0. The van der Waals surface area contributed by atoms with Crippen molar-refractivity contribution in [1.82, 2.24) is 8.97 Å². The highest BCUT2D eigenvalue weighted by Gasteiger charge is 2.19. The lowest BCUT2D eigenvalue weighted by Gasteiger charge is -2.15. The summed E-state index contributed by atoms with van der Waals surface area (Å²) in [7, 11) is 1.87. The molecule has 2 aromatic heterocycles. The molecule has 3 heteroatoms. The Kier molecular flexibility index (Phi) is 2.34. The molecule has 1 aliphatic carbocycles. The Morgan fingerprint density at radius 1 is 1.00 bits per heavy atom. The zero-order valence-electron chi connectivity index (χ0n) is 11.9. The first-order valence-electron chi connectivity index (χ1n) is 7.29. The molecule has 0 aliphatic heterocycles. The standard InChI is InChI=1S/C17H18N2O/c1-11-7-8-14-15(9-11)19-13-6-4-3-5-12(13)10-16(19)17(20)18(14)2/h7-10H,3-6H2,1-2H3. The van der Waals surface area contributed by atoms with Gasteiger partial charge >= 0.3 is 0 Å². The summed E-state index contributed by atoms with van der Waals surface area (Å²) in [4.78, 5) is 12.6. The smallest absolute Gasteiger partial charge is 0.275 e. The highest BCUT2D eigenvalue weighted by molar-refractivity contribution is 5.80. The fourth-order valence-corrected chi connectivity index (χ4v) is 3.51. The molecule has 0 bridgehead atoms. The molecule has 2 heterocycles. The van der Waals surface area contributed by atoms with Crippen molar-refractivity contribution in [3.8, 4) is 0 Å². The number of aromatic nitrogens is 2. The maximum Gasteiger partial charge on any atom is 0.275 e. The normalized spacial score (nSPS) is 14.9. The first kappa shape index (κ1) is 11.8. The van der Waals surface area contributed by atoms with Crippen LogP contribution in [0.1, 0.15) is 29.7 Å². The van der Waals surface area contributed by atoms with Crippen LogP contribution in [0.5, 0.6) is 0 Å². The molecule has 0 radical (unpaired) electrons. The Bertz CT molecular complexity index is 899. The summed E-state index contributed by atoms with van der Waals surface area (Å²) in [6.07, 6.45) is 4.65. The lowest BCUT2D eigenvalue weighted by molar-refractivity contribution is 0.671. The number of nitrogens with zero attached hydrogens (tertiary/aromatic N) is 2. The summed E-state index contributed by atoms with van der Waals surface area (Å²) in [5, 5.41) is 0. The molecule has 3 nitrogen and oxygen atoms in total. The van der Waals surface area contributed by atoms with Crippen molar-refractivity contribution in [1.29, 1.82) is 0 Å². The van der Waals surface area contributed by atoms with Crippen molar-refractivity contribution >= 4 is 16.6 Å². The molecule has 1 aliphatic rings. The van der Waals surface area contributed by atoms with Crippen LogP contribution in [0, 0.1) is 6.92 Å². The molecule has 4 rings (SSSR count). The summed E-state index contributed by atoms with van der Waals surface area (Å²) in [5.74, 6) is 0. The summed E-state index contributed by atoms with van der Waals surface area (Å²) in [6, 6.07) is 8.43. The molecule has 1 aromatic carbocycles. The number of benzene rings is 1. The second kappa shape index (κ2) is 3.98. The molecule has 0 unspecified atom stereocenters. The average Bonchev–Trinajstić information content (AvgIpc) is 2.84. The minimum Gasteiger partial charge on any atom is -0.308 e. The van der Waals surface area contributed by atoms with Gasteiger partial charge in [-0.05, 0) is 61.9 Å². The van der Waals surface area contributed by atoms with Gasteiger partial charge < -0.3 is 8.97 Å². The van der Waals surface area contributed by atoms with E-state index in [-0.39, 0.29) is 5.56 Å². The monoisotopic (exact) mass is 266 g/mol. The van der Waals surface area contributed by atoms with Crippen LogP contribution < -0.4 is 5.56 Å². The van der Waals surface area contributed by atoms with Gasteiger partial charge in [0.1, 0.15) is 5.52 Å². The molecule has 0 N–H and O–H groups in total. The van der Waals surface area contributed by atoms with E-state index in [0.29, 0.717) is 0 Å². The van der Waals surface area contributed by atoms with Crippen LogP contribution in [0.2, 0.25) is 0 Å². The molecule has 3 aromatic rings. The van der Waals surface area contributed by atoms with E-state index in [1.54, 1.807) is 4.57 Å². The highest BCUT2D eigenvalue weighted by Crippen LogP contribution is 2.27. The lowest BCUT2D eigenvalue weighted by Crippen LogP contribution is -2.20. The highest BCUT2D eigenvalue weighted by atomic mass is 16.1. The van der Waals surface area contributed by atoms with Gasteiger partial charge in [-0.15, -0.1) is 0 Å². The Morgan fingerprint density at radius 2 is 1.80 bits per heavy atom. The van der Waals surface area contributed by atoms with Gasteiger partial charge in [-0.3, -0.25) is 4.79 Å². The van der Waals surface area contributed by atoms with Crippen molar-refractivity contribution in [2.24, 2.45) is 7.05 Å². The summed E-state index contributed by atoms with van der Waals surface area (Å²) in [5.41, 5.74) is 7.05. The minimum absolute atomic E-state index is 0.107. The van der Waals surface area contributed by atoms with E-state index in [2.05, 4.69) is 35.6 Å². The van der Waals surface area contributed by atoms with Gasteiger partial charge in [-0.25, -0.2) is 0 Å². The van der Waals surface area contributed by atoms with Gasteiger partial charge in [-0.2, -0.15) is 0 Å². The van der Waals surface area contributed by atoms with E-state index < -0.39 is 0 Å². The number of aryl methyl sites for hydroxylation is 4. The Hall–Kier alpha value is -2.03. The quantitative estimate of drug-likeness (QED) is 0.614. The zero-order valence-corrected chi connectivity index (χ0v) is 11.9. The van der Waals surface area contributed by atoms with E-state index in [1.807, 2.05) is 7.05 Å². The van der Waals surface area contributed by atoms with Gasteiger partial charge in [0.25, 0.3) is 5.56 Å². The van der Waals surface area contributed by atoms with E-state index in [9.17, 15) is 4.79 Å². The third-order valence-corrected chi connectivity index (χ3v) is 4.56. The van der Waals surface area contributed by atoms with Crippen LogP contribution in [0.15, 0.2) is 29.1 Å². The van der Waals surface area contributed by atoms with Gasteiger partial charge in [0.15, 0.2) is 0 Å². The molecule has 20 heavy (non-hydrogen) atoms. The Labute approximate surface area is 117 Å². The molecule has 102 valence electrons. The maximum atomic E-state index is 12.6. The van der Waals surface area contributed by atoms with Crippen LogP contribution in [0.3, 0.4) is 0 Å². The fourth-order valence-electron chi connectivity index (χ4n) is 3.51. The second-order valence-electron chi connectivity index (χ2n) is 5.90. The number of fused-ring (bicyclic) bond motifs is 5. The fraction of sp³-hybridized carbons (Fsp3) is 0.353. The van der Waals surface area contributed by atoms with Crippen molar-refractivity contribution in [3.05, 3.63) is 51.4 Å². The summed E-state index contributed by atoms with van der Waals surface area (Å²) in [6.45, 7) is 2.10. The maximum absolute atomic E-state index is 12.6. The summed E-state index contributed by atoms with van der Waals surface area (Å²) < 4.78 is 3.98. The molecule has 0 saturated heterocycles. The Morgan fingerprint density at radius 3 is 2.65 bits per heavy atom. The van der Waals surface area contributed by atoms with Crippen molar-refractivity contribution in [2.75, 3.05) is 0 Å². The molecule has 0 saturated carbocycles. The Balaban J connectivity index is 2.30. The first-order valence-corrected chi connectivity index (χ1v) is 7.29. The third-order valence-electron chi connectivity index (χ3n) is 4.56. The topological polar surface area (TPSA) is 26.4 Å². The van der Waals surface area contributed by atoms with Crippen LogP contribution in [-0.2, 0) is 19.9 Å². The molecule has 0 spiro atoms. The second-order valence-corrected chi connectivity index (χ2v) is 5.90. The van der Waals surface area contributed by atoms with E-state index in [1.165, 1.54) is 29.7 Å². The van der Waals surface area contributed by atoms with Crippen molar-refractivity contribution in [2.45, 2.75) is 32.6 Å². The van der Waals surface area contributed by atoms with Crippen LogP contribution in [0.25, 0.3) is 16.6 Å². The SMILES string of the molecule is Cc1ccc2c(c1)n1c3c(cc1c(=O)n2C)CCCC3. The molecule has 0 atom stereocenters. The van der Waals surface area contributed by atoms with E-state index in [0.717, 1.165) is 29.4 Å². The van der Waals surface area contributed by atoms with Crippen molar-refractivity contribution < 1.29 is 0 Å². The number of hydrogen-bond acceptors (Lipinski definition) is 1. The third kappa shape index (κ3) is 1.43. The molecule has 0 amide bonds. The molecule has 0 fully saturated rings. The lowest BCUT2D eigenvalue weighted by atomic mass is 9.98. The van der Waals surface area contributed by atoms with Gasteiger partial charge in [0.05, 0.1) is 11.0 Å². The van der Waals surface area contributed by atoms with Gasteiger partial charge in [-0.1, -0.05) is 6.07 Å². The number of rotatable bonds is 0. The zero-order chi connectivity index (χ0) is 13.9. The van der Waals surface area contributed by atoms with Gasteiger partial charge in [0.2, 0.25) is 0 Å². The van der Waals surface area contributed by atoms with Gasteiger partial charge in [0, 0.05) is 12.7 Å². The predicted molar refractivity (Wildman–Crippen MR) is 81.5 cm³/mol. The van der Waals surface area contributed by atoms with Crippen molar-refractivity contribution in [3.63, 3.8) is 0 Å². The largest absolute Gasteiger partial charge is 0.308 e. The number of hydrogen-bond donors (Lipinski definition) is 0. The van der Waals surface area contributed by atoms with E-state index >= 15 is 0 Å². The van der Waals surface area contributed by atoms with Crippen LogP contribution >= 0.6 is 0 Å². The minimum atomic E-state index is 0.107.